The fourth-order valence-electron chi connectivity index (χ4n) is 13.5. The maximum Gasteiger partial charge on any atom is 0.305 e. The van der Waals surface area contributed by atoms with Crippen LogP contribution in [0.2, 0.25) is 0 Å². The number of amides is 1. The lowest BCUT2D eigenvalue weighted by molar-refractivity contribution is -0.143. The lowest BCUT2D eigenvalue weighted by Crippen LogP contribution is -2.45. The summed E-state index contributed by atoms with van der Waals surface area (Å²) in [5.41, 5.74) is 0. The Balaban J connectivity index is 3.30. The molecule has 0 radical (unpaired) electrons. The molecule has 0 aliphatic heterocycles. The van der Waals surface area contributed by atoms with E-state index in [9.17, 15) is 19.8 Å². The molecule has 0 saturated heterocycles. The minimum Gasteiger partial charge on any atom is -0.466 e. The number of hydrogen-bond donors (Lipinski definition) is 3. The van der Waals surface area contributed by atoms with E-state index < -0.39 is 12.1 Å². The Morgan fingerprint density at radius 2 is 0.528 bits per heavy atom. The fourth-order valence-corrected chi connectivity index (χ4v) is 13.5. The third-order valence-electron chi connectivity index (χ3n) is 19.8. The van der Waals surface area contributed by atoms with Crippen LogP contribution in [0.25, 0.3) is 0 Å². The molecule has 1 amide bonds. The molecule has 89 heavy (non-hydrogen) atoms. The average Bonchev–Trinajstić information content (AvgIpc) is 3.56. The lowest BCUT2D eigenvalue weighted by Gasteiger charge is -2.22. The van der Waals surface area contributed by atoms with Crippen LogP contribution in [0.4, 0.5) is 0 Å². The van der Waals surface area contributed by atoms with E-state index in [4.69, 9.17) is 4.74 Å². The number of unbranched alkanes of at least 4 members (excludes halogenated alkanes) is 66. The molecule has 0 spiro atoms. The van der Waals surface area contributed by atoms with Crippen LogP contribution in [0.5, 0.6) is 0 Å². The number of esters is 1. The summed E-state index contributed by atoms with van der Waals surface area (Å²) in [6.45, 7) is 5.02. The molecule has 0 aromatic rings. The first-order valence-electron chi connectivity index (χ1n) is 41.4. The molecule has 0 fully saturated rings. The minimum absolute atomic E-state index is 0.0265. The maximum atomic E-state index is 12.5. The van der Waals surface area contributed by atoms with Crippen molar-refractivity contribution in [2.45, 2.75) is 495 Å². The zero-order chi connectivity index (χ0) is 64.2. The molecule has 0 aromatic heterocycles. The minimum atomic E-state index is -0.661. The van der Waals surface area contributed by atoms with E-state index in [2.05, 4.69) is 31.3 Å². The van der Waals surface area contributed by atoms with Crippen molar-refractivity contribution in [3.8, 4) is 0 Å². The quantitative estimate of drug-likeness (QED) is 0.0320. The molecule has 6 nitrogen and oxygen atoms in total. The lowest BCUT2D eigenvalue weighted by atomic mass is 10.0. The van der Waals surface area contributed by atoms with Crippen LogP contribution in [-0.2, 0) is 14.3 Å². The molecule has 0 bridgehead atoms. The standard InChI is InChI=1S/C83H163NO5/c1-3-5-7-9-11-13-15-17-19-21-41-45-49-53-57-61-65-69-73-77-83(88)89-78-74-70-66-62-58-54-50-46-43-40-38-36-34-32-30-28-26-24-22-23-25-27-29-31-33-35-37-39-42-44-48-52-56-60-64-68-72-76-82(87)84-80(79-85)81(86)75-71-67-63-59-55-51-47-20-18-16-14-12-10-8-6-4-2/h22,24,80-81,85-86H,3-21,23,25-79H2,1-2H3,(H,84,87)/b24-22-. The predicted molar refractivity (Wildman–Crippen MR) is 394 cm³/mol. The Hall–Kier alpha value is -1.40. The first-order chi connectivity index (χ1) is 44.0. The maximum absolute atomic E-state index is 12.5. The van der Waals surface area contributed by atoms with E-state index >= 15 is 0 Å². The second kappa shape index (κ2) is 79.0. The first kappa shape index (κ1) is 87.6. The van der Waals surface area contributed by atoms with Gasteiger partial charge in [-0.25, -0.2) is 0 Å². The van der Waals surface area contributed by atoms with Crippen molar-refractivity contribution in [1.82, 2.24) is 5.32 Å². The van der Waals surface area contributed by atoms with E-state index in [0.717, 1.165) is 38.5 Å². The SMILES string of the molecule is CCCCCCCCCCCCCCCCCCCCCC(=O)OCCCCCCCCCCCCCCCCCC/C=C\CCCCCCCCCCCCCCCCCCCC(=O)NC(CO)C(O)CCCCCCCCCCCCCCCCCC. The predicted octanol–water partition coefficient (Wildman–Crippen LogP) is 27.4. The molecule has 0 aliphatic rings. The molecule has 0 heterocycles. The second-order valence-corrected chi connectivity index (χ2v) is 28.8. The van der Waals surface area contributed by atoms with Gasteiger partial charge in [0.05, 0.1) is 25.4 Å². The van der Waals surface area contributed by atoms with Crippen LogP contribution < -0.4 is 5.32 Å². The van der Waals surface area contributed by atoms with E-state index in [1.807, 2.05) is 0 Å². The van der Waals surface area contributed by atoms with E-state index in [1.54, 1.807) is 0 Å². The highest BCUT2D eigenvalue weighted by Crippen LogP contribution is 2.21. The molecule has 0 aromatic carbocycles. The highest BCUT2D eigenvalue weighted by atomic mass is 16.5. The molecule has 6 heteroatoms. The Morgan fingerprint density at radius 3 is 0.798 bits per heavy atom. The summed E-state index contributed by atoms with van der Waals surface area (Å²) in [6, 6.07) is -0.538. The summed E-state index contributed by atoms with van der Waals surface area (Å²) in [5, 5.41) is 23.4. The summed E-state index contributed by atoms with van der Waals surface area (Å²) in [7, 11) is 0. The first-order valence-corrected chi connectivity index (χ1v) is 41.4. The normalized spacial score (nSPS) is 12.4. The van der Waals surface area contributed by atoms with Crippen LogP contribution in [-0.4, -0.2) is 47.4 Å². The fraction of sp³-hybridized carbons (Fsp3) is 0.952. The summed E-state index contributed by atoms with van der Waals surface area (Å²) in [5.74, 6) is 0.00106. The second-order valence-electron chi connectivity index (χ2n) is 28.8. The van der Waals surface area contributed by atoms with Crippen molar-refractivity contribution in [1.29, 1.82) is 0 Å². The van der Waals surface area contributed by atoms with E-state index in [0.29, 0.717) is 25.9 Å². The Bertz CT molecular complexity index is 1350. The number of hydrogen-bond acceptors (Lipinski definition) is 5. The summed E-state index contributed by atoms with van der Waals surface area (Å²) in [6.07, 6.45) is 100. The Morgan fingerprint density at radius 1 is 0.303 bits per heavy atom. The molecule has 0 rings (SSSR count). The van der Waals surface area contributed by atoms with Crippen molar-refractivity contribution in [2.75, 3.05) is 13.2 Å². The third-order valence-corrected chi connectivity index (χ3v) is 19.8. The molecule has 530 valence electrons. The van der Waals surface area contributed by atoms with Gasteiger partial charge in [-0.2, -0.15) is 0 Å². The van der Waals surface area contributed by atoms with Gasteiger partial charge in [0.15, 0.2) is 0 Å². The van der Waals surface area contributed by atoms with Crippen molar-refractivity contribution < 1.29 is 24.5 Å². The van der Waals surface area contributed by atoms with Crippen molar-refractivity contribution in [2.24, 2.45) is 0 Å². The van der Waals surface area contributed by atoms with Crippen LogP contribution >= 0.6 is 0 Å². The van der Waals surface area contributed by atoms with Gasteiger partial charge in [0.2, 0.25) is 5.91 Å². The molecular formula is C83H163NO5. The zero-order valence-corrected chi connectivity index (χ0v) is 61.0. The number of ether oxygens (including phenoxy) is 1. The molecule has 3 N–H and O–H groups in total. The van der Waals surface area contributed by atoms with Gasteiger partial charge in [-0.15, -0.1) is 0 Å². The Labute approximate surface area is 559 Å². The molecular weight excluding hydrogens is 1090 g/mol. The molecule has 2 unspecified atom stereocenters. The largest absolute Gasteiger partial charge is 0.466 e. The number of carbonyl (C=O) groups is 2. The van der Waals surface area contributed by atoms with Gasteiger partial charge >= 0.3 is 5.97 Å². The van der Waals surface area contributed by atoms with Crippen molar-refractivity contribution >= 4 is 11.9 Å². The molecule has 2 atom stereocenters. The summed E-state index contributed by atoms with van der Waals surface area (Å²) in [4.78, 5) is 24.7. The van der Waals surface area contributed by atoms with Gasteiger partial charge in [-0.05, 0) is 51.4 Å². The van der Waals surface area contributed by atoms with E-state index in [-0.39, 0.29) is 18.5 Å². The van der Waals surface area contributed by atoms with Gasteiger partial charge in [0.1, 0.15) is 0 Å². The van der Waals surface area contributed by atoms with Crippen LogP contribution in [0, 0.1) is 0 Å². The van der Waals surface area contributed by atoms with Gasteiger partial charge in [0, 0.05) is 12.8 Å². The number of allylic oxidation sites excluding steroid dienone is 2. The number of carbonyl (C=O) groups excluding carboxylic acids is 2. The summed E-state index contributed by atoms with van der Waals surface area (Å²) >= 11 is 0. The van der Waals surface area contributed by atoms with Gasteiger partial charge < -0.3 is 20.3 Å². The molecule has 0 aliphatic carbocycles. The smallest absolute Gasteiger partial charge is 0.305 e. The summed E-state index contributed by atoms with van der Waals surface area (Å²) < 4.78 is 5.52. The number of rotatable bonds is 79. The average molecular weight is 1260 g/mol. The highest BCUT2D eigenvalue weighted by molar-refractivity contribution is 5.76. The monoisotopic (exact) mass is 1250 g/mol. The zero-order valence-electron chi connectivity index (χ0n) is 61.0. The topological polar surface area (TPSA) is 95.9 Å². The van der Waals surface area contributed by atoms with Gasteiger partial charge in [-0.1, -0.05) is 431 Å². The van der Waals surface area contributed by atoms with Crippen LogP contribution in [0.3, 0.4) is 0 Å². The highest BCUT2D eigenvalue weighted by Gasteiger charge is 2.20. The Kier molecular flexibility index (Phi) is 77.8. The van der Waals surface area contributed by atoms with Crippen molar-refractivity contribution in [3.63, 3.8) is 0 Å². The van der Waals surface area contributed by atoms with Crippen LogP contribution in [0.1, 0.15) is 483 Å². The van der Waals surface area contributed by atoms with Gasteiger partial charge in [-0.3, -0.25) is 9.59 Å². The third kappa shape index (κ3) is 75.5. The van der Waals surface area contributed by atoms with E-state index in [1.165, 1.54) is 411 Å². The number of aliphatic hydroxyl groups is 2. The van der Waals surface area contributed by atoms with Gasteiger partial charge in [0.25, 0.3) is 0 Å². The number of aliphatic hydroxyl groups excluding tert-OH is 2. The van der Waals surface area contributed by atoms with Crippen LogP contribution in [0.15, 0.2) is 12.2 Å². The van der Waals surface area contributed by atoms with Crippen molar-refractivity contribution in [3.05, 3.63) is 12.2 Å². The molecule has 0 saturated carbocycles. The number of nitrogens with one attached hydrogen (secondary N) is 1.